The van der Waals surface area contributed by atoms with Crippen LogP contribution in [0.1, 0.15) is 31.9 Å². The summed E-state index contributed by atoms with van der Waals surface area (Å²) >= 11 is 1.52. The lowest BCUT2D eigenvalue weighted by molar-refractivity contribution is -0.113. The molecule has 0 saturated heterocycles. The number of aryl methyl sites for hydroxylation is 1. The van der Waals surface area contributed by atoms with Gasteiger partial charge < -0.3 is 14.8 Å². The average molecular weight is 388 g/mol. The Morgan fingerprint density at radius 3 is 2.41 bits per heavy atom. The zero-order valence-corrected chi connectivity index (χ0v) is 17.6. The molecule has 2 rings (SSSR count). The Hall–Kier alpha value is -1.98. The fourth-order valence-electron chi connectivity index (χ4n) is 2.47. The topological polar surface area (TPSA) is 47.6 Å². The number of hydrogen-bond donors (Lipinski definition) is 1. The lowest BCUT2D eigenvalue weighted by Crippen LogP contribution is -2.15. The normalized spacial score (nSPS) is 11.3. The van der Waals surface area contributed by atoms with Gasteiger partial charge in [0, 0.05) is 12.0 Å². The van der Waals surface area contributed by atoms with Gasteiger partial charge in [-0.3, -0.25) is 4.79 Å². The summed E-state index contributed by atoms with van der Waals surface area (Å²) in [4.78, 5) is 13.4. The zero-order chi connectivity index (χ0) is 19.9. The zero-order valence-electron chi connectivity index (χ0n) is 16.8. The van der Waals surface area contributed by atoms with Gasteiger partial charge in [-0.1, -0.05) is 39.0 Å². The number of methoxy groups -OCH3 is 1. The van der Waals surface area contributed by atoms with Crippen LogP contribution >= 0.6 is 11.8 Å². The summed E-state index contributed by atoms with van der Waals surface area (Å²) in [5.74, 6) is 0.959. The number of rotatable bonds is 8. The minimum atomic E-state index is -0.0552. The van der Waals surface area contributed by atoms with E-state index in [1.807, 2.05) is 25.1 Å². The molecule has 0 aliphatic rings. The maximum atomic E-state index is 12.4. The lowest BCUT2D eigenvalue weighted by atomic mass is 9.87. The Kier molecular flexibility index (Phi) is 7.75. The second kappa shape index (κ2) is 9.81. The molecule has 4 nitrogen and oxygen atoms in total. The van der Waals surface area contributed by atoms with E-state index >= 15 is 0 Å². The number of carbonyl (C=O) groups is 1. The van der Waals surface area contributed by atoms with Gasteiger partial charge in [-0.15, -0.1) is 11.8 Å². The van der Waals surface area contributed by atoms with E-state index in [0.717, 1.165) is 10.5 Å². The van der Waals surface area contributed by atoms with Crippen LogP contribution < -0.4 is 10.1 Å². The Bertz CT molecular complexity index is 751. The molecule has 0 saturated carbocycles. The predicted molar refractivity (Wildman–Crippen MR) is 113 cm³/mol. The van der Waals surface area contributed by atoms with Crippen LogP contribution in [-0.2, 0) is 14.9 Å². The fraction of sp³-hybridized carbons (Fsp3) is 0.409. The molecule has 0 aromatic heterocycles. The quantitative estimate of drug-likeness (QED) is 0.509. The maximum Gasteiger partial charge on any atom is 0.234 e. The van der Waals surface area contributed by atoms with E-state index < -0.39 is 0 Å². The number of anilines is 1. The van der Waals surface area contributed by atoms with Crippen molar-refractivity contribution in [1.29, 1.82) is 0 Å². The van der Waals surface area contributed by atoms with Crippen molar-refractivity contribution in [3.05, 3.63) is 53.6 Å². The highest BCUT2D eigenvalue weighted by Crippen LogP contribution is 2.28. The van der Waals surface area contributed by atoms with Crippen molar-refractivity contribution >= 4 is 23.4 Å². The number of hydrogen-bond acceptors (Lipinski definition) is 4. The Labute approximate surface area is 166 Å². The van der Waals surface area contributed by atoms with Crippen molar-refractivity contribution in [2.75, 3.05) is 31.4 Å². The number of ether oxygens (including phenoxy) is 2. The largest absolute Gasteiger partial charge is 0.489 e. The summed E-state index contributed by atoms with van der Waals surface area (Å²) in [5.41, 5.74) is 3.18. The predicted octanol–water partition coefficient (Wildman–Crippen LogP) is 5.05. The van der Waals surface area contributed by atoms with Gasteiger partial charge in [-0.2, -0.15) is 0 Å². The highest BCUT2D eigenvalue weighted by Gasteiger charge is 2.13. The van der Waals surface area contributed by atoms with E-state index in [-0.39, 0.29) is 11.3 Å². The minimum Gasteiger partial charge on any atom is -0.489 e. The summed E-state index contributed by atoms with van der Waals surface area (Å²) in [6.45, 7) is 9.51. The molecule has 1 N–H and O–H groups in total. The molecule has 0 heterocycles. The standard InChI is InChI=1S/C22H29NO3S/c1-16-6-11-19(20(14-16)26-13-12-25-5)23-21(24)15-27-18-9-7-17(8-10-18)22(2,3)4/h6-11,14H,12-13,15H2,1-5H3,(H,23,24). The van der Waals surface area contributed by atoms with Gasteiger partial charge in [-0.05, 0) is 47.7 Å². The molecule has 0 fully saturated rings. The van der Waals surface area contributed by atoms with Gasteiger partial charge in [0.1, 0.15) is 12.4 Å². The van der Waals surface area contributed by atoms with Gasteiger partial charge >= 0.3 is 0 Å². The van der Waals surface area contributed by atoms with Gasteiger partial charge in [-0.25, -0.2) is 0 Å². The fourth-order valence-corrected chi connectivity index (χ4v) is 3.17. The molecule has 146 valence electrons. The number of thioether (sulfide) groups is 1. The van der Waals surface area contributed by atoms with Crippen LogP contribution in [0.4, 0.5) is 5.69 Å². The molecule has 5 heteroatoms. The molecule has 0 aliphatic carbocycles. The SMILES string of the molecule is COCCOc1cc(C)ccc1NC(=O)CSc1ccc(C(C)(C)C)cc1. The Balaban J connectivity index is 1.93. The summed E-state index contributed by atoms with van der Waals surface area (Å²) in [6, 6.07) is 14.1. The third-order valence-electron chi connectivity index (χ3n) is 4.05. The number of benzene rings is 2. The van der Waals surface area contributed by atoms with E-state index in [4.69, 9.17) is 9.47 Å². The van der Waals surface area contributed by atoms with Crippen molar-refractivity contribution in [2.45, 2.75) is 38.0 Å². The van der Waals surface area contributed by atoms with E-state index in [1.54, 1.807) is 7.11 Å². The van der Waals surface area contributed by atoms with Crippen LogP contribution in [-0.4, -0.2) is 32.0 Å². The highest BCUT2D eigenvalue weighted by molar-refractivity contribution is 8.00. The lowest BCUT2D eigenvalue weighted by Gasteiger charge is -2.19. The average Bonchev–Trinajstić information content (AvgIpc) is 2.62. The van der Waals surface area contributed by atoms with E-state index in [2.05, 4.69) is 50.4 Å². The molecule has 0 radical (unpaired) electrons. The smallest absolute Gasteiger partial charge is 0.234 e. The van der Waals surface area contributed by atoms with Crippen molar-refractivity contribution in [2.24, 2.45) is 0 Å². The molecule has 27 heavy (non-hydrogen) atoms. The summed E-state index contributed by atoms with van der Waals surface area (Å²) in [5, 5.41) is 2.94. The van der Waals surface area contributed by atoms with Gasteiger partial charge in [0.05, 0.1) is 18.0 Å². The molecule has 0 bridgehead atoms. The summed E-state index contributed by atoms with van der Waals surface area (Å²) in [7, 11) is 1.63. The van der Waals surface area contributed by atoms with Crippen LogP contribution in [0.25, 0.3) is 0 Å². The number of carbonyl (C=O) groups excluding carboxylic acids is 1. The first-order valence-corrected chi connectivity index (χ1v) is 10.0. The summed E-state index contributed by atoms with van der Waals surface area (Å²) in [6.07, 6.45) is 0. The van der Waals surface area contributed by atoms with Gasteiger partial charge in [0.15, 0.2) is 0 Å². The Morgan fingerprint density at radius 2 is 1.78 bits per heavy atom. The number of amides is 1. The number of nitrogens with one attached hydrogen (secondary N) is 1. The van der Waals surface area contributed by atoms with Gasteiger partial charge in [0.25, 0.3) is 0 Å². The van der Waals surface area contributed by atoms with E-state index in [1.165, 1.54) is 17.3 Å². The van der Waals surface area contributed by atoms with Crippen LogP contribution in [0.2, 0.25) is 0 Å². The molecule has 0 atom stereocenters. The van der Waals surface area contributed by atoms with Gasteiger partial charge in [0.2, 0.25) is 5.91 Å². The van der Waals surface area contributed by atoms with Crippen LogP contribution in [0, 0.1) is 6.92 Å². The van der Waals surface area contributed by atoms with Crippen LogP contribution in [0.5, 0.6) is 5.75 Å². The molecule has 2 aromatic carbocycles. The maximum absolute atomic E-state index is 12.4. The first kappa shape index (κ1) is 21.3. The van der Waals surface area contributed by atoms with Crippen molar-refractivity contribution < 1.29 is 14.3 Å². The van der Waals surface area contributed by atoms with Crippen molar-refractivity contribution in [1.82, 2.24) is 0 Å². The Morgan fingerprint density at radius 1 is 1.07 bits per heavy atom. The van der Waals surface area contributed by atoms with Crippen LogP contribution in [0.15, 0.2) is 47.4 Å². The van der Waals surface area contributed by atoms with E-state index in [9.17, 15) is 4.79 Å². The third-order valence-corrected chi connectivity index (χ3v) is 5.06. The van der Waals surface area contributed by atoms with Crippen molar-refractivity contribution in [3.63, 3.8) is 0 Å². The first-order chi connectivity index (χ1) is 12.8. The molecular weight excluding hydrogens is 358 g/mol. The minimum absolute atomic E-state index is 0.0552. The molecule has 2 aromatic rings. The molecule has 0 spiro atoms. The van der Waals surface area contributed by atoms with Crippen LogP contribution in [0.3, 0.4) is 0 Å². The second-order valence-corrected chi connectivity index (χ2v) is 8.50. The first-order valence-electron chi connectivity index (χ1n) is 9.05. The molecule has 0 aliphatic heterocycles. The van der Waals surface area contributed by atoms with E-state index in [0.29, 0.717) is 30.4 Å². The molecular formula is C22H29NO3S. The summed E-state index contributed by atoms with van der Waals surface area (Å²) < 4.78 is 10.7. The monoisotopic (exact) mass is 387 g/mol. The van der Waals surface area contributed by atoms with Crippen molar-refractivity contribution in [3.8, 4) is 5.75 Å². The highest BCUT2D eigenvalue weighted by atomic mass is 32.2. The third kappa shape index (κ3) is 6.92. The second-order valence-electron chi connectivity index (χ2n) is 7.45. The molecule has 1 amide bonds. The molecule has 0 unspecified atom stereocenters.